The molecule has 6 nitrogen and oxygen atoms in total. The zero-order chi connectivity index (χ0) is 17.4. The first-order chi connectivity index (χ1) is 11.4. The van der Waals surface area contributed by atoms with Gasteiger partial charge in [0.2, 0.25) is 5.91 Å². The molecular weight excluding hydrogens is 308 g/mol. The van der Waals surface area contributed by atoms with Crippen LogP contribution in [0.2, 0.25) is 0 Å². The van der Waals surface area contributed by atoms with Crippen molar-refractivity contribution in [2.24, 2.45) is 5.92 Å². The second kappa shape index (κ2) is 6.26. The Morgan fingerprint density at radius 1 is 1.42 bits per heavy atom. The van der Waals surface area contributed by atoms with Gasteiger partial charge in [0.15, 0.2) is 5.78 Å². The first-order valence-corrected chi connectivity index (χ1v) is 8.33. The van der Waals surface area contributed by atoms with Crippen LogP contribution >= 0.6 is 0 Å². The minimum absolute atomic E-state index is 0.110. The summed E-state index contributed by atoms with van der Waals surface area (Å²) in [5, 5.41) is 2.86. The van der Waals surface area contributed by atoms with Gasteiger partial charge in [0, 0.05) is 24.9 Å². The first-order valence-electron chi connectivity index (χ1n) is 8.33. The van der Waals surface area contributed by atoms with Crippen LogP contribution in [0, 0.1) is 5.92 Å². The minimum atomic E-state index is -0.565. The second-order valence-electron chi connectivity index (χ2n) is 6.41. The Kier molecular flexibility index (Phi) is 4.30. The molecule has 3 aliphatic rings. The number of piperidine rings is 1. The Morgan fingerprint density at radius 3 is 2.83 bits per heavy atom. The molecule has 128 valence electrons. The molecule has 2 aliphatic heterocycles. The Balaban J connectivity index is 2.03. The molecule has 1 N–H and O–H groups in total. The quantitative estimate of drug-likeness (QED) is 0.626. The average Bonchev–Trinajstić information content (AvgIpc) is 2.53. The van der Waals surface area contributed by atoms with Crippen molar-refractivity contribution in [1.82, 2.24) is 10.2 Å². The number of esters is 1. The molecule has 0 saturated carbocycles. The second-order valence-corrected chi connectivity index (χ2v) is 6.41. The number of nitrogens with zero attached hydrogens (tertiary/aromatic N) is 1. The molecule has 1 amide bonds. The highest BCUT2D eigenvalue weighted by Crippen LogP contribution is 2.41. The number of Topliss-reactive ketones (excluding diaryl/α,β-unsaturated/α-hetero) is 1. The number of carbonyl (C=O) groups is 3. The molecule has 3 atom stereocenters. The Hall–Kier alpha value is -2.37. The molecule has 0 radical (unpaired) electrons. The number of allylic oxidation sites excluding steroid dienone is 1. The van der Waals surface area contributed by atoms with Crippen molar-refractivity contribution in [2.45, 2.75) is 45.7 Å². The molecule has 0 aromatic heterocycles. The molecule has 0 aromatic carbocycles. The summed E-state index contributed by atoms with van der Waals surface area (Å²) in [6.07, 6.45) is 6.96. The Morgan fingerprint density at radius 2 is 2.17 bits per heavy atom. The summed E-state index contributed by atoms with van der Waals surface area (Å²) in [6.45, 7) is 5.51. The van der Waals surface area contributed by atoms with Crippen molar-refractivity contribution in [2.75, 3.05) is 6.61 Å². The number of ether oxygens (including phenoxy) is 1. The highest BCUT2D eigenvalue weighted by atomic mass is 16.5. The molecule has 1 saturated heterocycles. The zero-order valence-corrected chi connectivity index (χ0v) is 14.2. The summed E-state index contributed by atoms with van der Waals surface area (Å²) in [5.74, 6) is -1.31. The van der Waals surface area contributed by atoms with Gasteiger partial charge in [0.1, 0.15) is 5.57 Å². The number of carbonyl (C=O) groups excluding carboxylic acids is 3. The van der Waals surface area contributed by atoms with E-state index < -0.39 is 11.9 Å². The smallest absolute Gasteiger partial charge is 0.343 e. The summed E-state index contributed by atoms with van der Waals surface area (Å²) in [4.78, 5) is 38.4. The third kappa shape index (κ3) is 2.66. The monoisotopic (exact) mass is 330 g/mol. The third-order valence-corrected chi connectivity index (χ3v) is 4.83. The fourth-order valence-electron chi connectivity index (χ4n) is 3.73. The zero-order valence-electron chi connectivity index (χ0n) is 14.2. The van der Waals surface area contributed by atoms with E-state index in [-0.39, 0.29) is 36.0 Å². The van der Waals surface area contributed by atoms with Crippen molar-refractivity contribution in [3.63, 3.8) is 0 Å². The van der Waals surface area contributed by atoms with Crippen LogP contribution in [-0.2, 0) is 19.1 Å². The predicted molar refractivity (Wildman–Crippen MR) is 87.5 cm³/mol. The van der Waals surface area contributed by atoms with Crippen LogP contribution in [0.5, 0.6) is 0 Å². The van der Waals surface area contributed by atoms with Gasteiger partial charge in [-0.1, -0.05) is 6.08 Å². The molecule has 1 fully saturated rings. The lowest BCUT2D eigenvalue weighted by Crippen LogP contribution is -2.54. The third-order valence-electron chi connectivity index (χ3n) is 4.83. The van der Waals surface area contributed by atoms with Crippen molar-refractivity contribution < 1.29 is 19.1 Å². The fraction of sp³-hybridized carbons (Fsp3) is 0.500. The average molecular weight is 330 g/mol. The molecule has 0 spiro atoms. The topological polar surface area (TPSA) is 75.7 Å². The number of hydrogen-bond acceptors (Lipinski definition) is 5. The molecule has 2 heterocycles. The van der Waals surface area contributed by atoms with E-state index in [1.54, 1.807) is 25.3 Å². The van der Waals surface area contributed by atoms with E-state index in [0.29, 0.717) is 0 Å². The molecule has 3 unspecified atom stereocenters. The van der Waals surface area contributed by atoms with E-state index in [2.05, 4.69) is 17.1 Å². The van der Waals surface area contributed by atoms with Gasteiger partial charge in [-0.3, -0.25) is 9.59 Å². The maximum absolute atomic E-state index is 12.8. The largest absolute Gasteiger partial charge is 0.462 e. The van der Waals surface area contributed by atoms with E-state index in [9.17, 15) is 14.4 Å². The number of amides is 1. The van der Waals surface area contributed by atoms with Crippen LogP contribution in [0.4, 0.5) is 0 Å². The van der Waals surface area contributed by atoms with Crippen molar-refractivity contribution in [3.05, 3.63) is 35.2 Å². The molecule has 1 aliphatic carbocycles. The number of ketones is 1. The van der Waals surface area contributed by atoms with Gasteiger partial charge in [-0.05, 0) is 38.3 Å². The van der Waals surface area contributed by atoms with E-state index in [1.165, 1.54) is 6.92 Å². The van der Waals surface area contributed by atoms with Gasteiger partial charge in [-0.25, -0.2) is 4.79 Å². The van der Waals surface area contributed by atoms with Crippen LogP contribution in [0.25, 0.3) is 0 Å². The highest BCUT2D eigenvalue weighted by Gasteiger charge is 2.46. The SMILES string of the molecule is CCOC(=O)C1=CN2C(C)CCC3=C(NC(C)=O)C=CC(C1=O)C32. The van der Waals surface area contributed by atoms with Crippen LogP contribution in [0.3, 0.4) is 0 Å². The molecule has 0 bridgehead atoms. The van der Waals surface area contributed by atoms with Crippen molar-refractivity contribution >= 4 is 17.7 Å². The van der Waals surface area contributed by atoms with Gasteiger partial charge in [0.25, 0.3) is 0 Å². The van der Waals surface area contributed by atoms with E-state index in [4.69, 9.17) is 4.74 Å². The standard InChI is InChI=1S/C18H22N2O4/c1-4-24-18(23)14-9-20-10(2)5-6-12-15(19-11(3)21)8-7-13(16(12)20)17(14)22/h7-10,13,16H,4-6H2,1-3H3,(H,19,21). The summed E-state index contributed by atoms with van der Waals surface area (Å²) < 4.78 is 5.03. The molecular formula is C18H22N2O4. The van der Waals surface area contributed by atoms with Crippen LogP contribution in [-0.4, -0.2) is 41.3 Å². The summed E-state index contributed by atoms with van der Waals surface area (Å²) in [7, 11) is 0. The highest BCUT2D eigenvalue weighted by molar-refractivity contribution is 6.19. The van der Waals surface area contributed by atoms with Gasteiger partial charge in [0.05, 0.1) is 18.6 Å². The maximum Gasteiger partial charge on any atom is 0.343 e. The molecule has 0 aromatic rings. The van der Waals surface area contributed by atoms with Gasteiger partial charge in [-0.2, -0.15) is 0 Å². The summed E-state index contributed by atoms with van der Waals surface area (Å²) in [6, 6.07) is 0.0788. The summed E-state index contributed by atoms with van der Waals surface area (Å²) in [5.41, 5.74) is 1.95. The van der Waals surface area contributed by atoms with Gasteiger partial charge in [-0.15, -0.1) is 0 Å². The Bertz CT molecular complexity index is 689. The van der Waals surface area contributed by atoms with Crippen LogP contribution in [0.1, 0.15) is 33.6 Å². The van der Waals surface area contributed by atoms with Gasteiger partial charge < -0.3 is 15.0 Å². The van der Waals surface area contributed by atoms with E-state index in [1.807, 2.05) is 0 Å². The number of rotatable bonds is 3. The van der Waals surface area contributed by atoms with E-state index in [0.717, 1.165) is 24.1 Å². The molecule has 24 heavy (non-hydrogen) atoms. The van der Waals surface area contributed by atoms with Gasteiger partial charge >= 0.3 is 5.97 Å². The normalized spacial score (nSPS) is 28.3. The number of nitrogens with one attached hydrogen (secondary N) is 1. The fourth-order valence-corrected chi connectivity index (χ4v) is 3.73. The first kappa shape index (κ1) is 16.5. The van der Waals surface area contributed by atoms with Crippen molar-refractivity contribution in [1.29, 1.82) is 0 Å². The van der Waals surface area contributed by atoms with Crippen LogP contribution in [0.15, 0.2) is 35.2 Å². The Labute approximate surface area is 141 Å². The lowest BCUT2D eigenvalue weighted by Gasteiger charge is -2.48. The maximum atomic E-state index is 12.8. The lowest BCUT2D eigenvalue weighted by molar-refractivity contribution is -0.141. The van der Waals surface area contributed by atoms with Crippen molar-refractivity contribution in [3.8, 4) is 0 Å². The number of hydrogen-bond donors (Lipinski definition) is 1. The van der Waals surface area contributed by atoms with Crippen LogP contribution < -0.4 is 5.32 Å². The molecule has 6 heteroatoms. The molecule has 3 rings (SSSR count). The summed E-state index contributed by atoms with van der Waals surface area (Å²) >= 11 is 0. The predicted octanol–water partition coefficient (Wildman–Crippen LogP) is 1.45. The minimum Gasteiger partial charge on any atom is -0.462 e. The van der Waals surface area contributed by atoms with E-state index >= 15 is 0 Å². The lowest BCUT2D eigenvalue weighted by atomic mass is 9.74.